The van der Waals surface area contributed by atoms with Crippen LogP contribution in [0.3, 0.4) is 0 Å². The third kappa shape index (κ3) is 6.40. The molecule has 14 heteroatoms. The minimum atomic E-state index is -5.50. The van der Waals surface area contributed by atoms with Crippen LogP contribution in [0.4, 0.5) is 26.3 Å². The zero-order valence-electron chi connectivity index (χ0n) is 16.0. The summed E-state index contributed by atoms with van der Waals surface area (Å²) in [6.45, 7) is -1.97. The molecule has 0 spiro atoms. The number of halogens is 6. The van der Waals surface area contributed by atoms with Crippen molar-refractivity contribution in [2.75, 3.05) is 6.67 Å². The van der Waals surface area contributed by atoms with Gasteiger partial charge in [0.05, 0.1) is 18.3 Å². The number of hydrogen-bond acceptors (Lipinski definition) is 5. The first kappa shape index (κ1) is 25.5. The number of carbonyl (C=O) groups excluding carboxylic acids is 1. The van der Waals surface area contributed by atoms with Crippen molar-refractivity contribution in [1.82, 2.24) is 15.0 Å². The Morgan fingerprint density at radius 1 is 1.06 bits per heavy atom. The summed E-state index contributed by atoms with van der Waals surface area (Å²) < 4.78 is 98.0. The largest absolute Gasteiger partial charge is 0.511 e. The molecule has 7 nitrogen and oxygen atoms in total. The minimum Gasteiger partial charge on any atom is -0.386 e. The van der Waals surface area contributed by atoms with Gasteiger partial charge in [-0.05, 0) is 17.2 Å². The zero-order valence-corrected chi connectivity index (χ0v) is 16.8. The molecule has 176 valence electrons. The van der Waals surface area contributed by atoms with Crippen LogP contribution in [0.2, 0.25) is 0 Å². The maximum atomic E-state index is 13.1. The van der Waals surface area contributed by atoms with Gasteiger partial charge in [-0.15, -0.1) is 0 Å². The summed E-state index contributed by atoms with van der Waals surface area (Å²) in [6.07, 6.45) is -3.69. The summed E-state index contributed by atoms with van der Waals surface area (Å²) in [5.41, 5.74) is -4.26. The third-order valence-corrected chi connectivity index (χ3v) is 5.37. The number of rotatable bonds is 9. The molecule has 0 saturated heterocycles. The molecule has 32 heavy (non-hydrogen) atoms. The number of aromatic nitrogens is 1. The summed E-state index contributed by atoms with van der Waals surface area (Å²) in [4.78, 5) is 14.9. The molecular formula is C18H17F6N3O4S. The van der Waals surface area contributed by atoms with Crippen LogP contribution in [0.5, 0.6) is 0 Å². The third-order valence-electron chi connectivity index (χ3n) is 4.23. The van der Waals surface area contributed by atoms with Crippen molar-refractivity contribution in [3.8, 4) is 11.1 Å². The normalized spacial score (nSPS) is 14.2. The van der Waals surface area contributed by atoms with E-state index in [0.29, 0.717) is 11.1 Å². The van der Waals surface area contributed by atoms with E-state index >= 15 is 0 Å². The van der Waals surface area contributed by atoms with E-state index in [-0.39, 0.29) is 11.3 Å². The zero-order chi connectivity index (χ0) is 24.1. The molecule has 0 aliphatic heterocycles. The molecule has 2 aromatic rings. The van der Waals surface area contributed by atoms with Gasteiger partial charge in [0, 0.05) is 11.8 Å². The van der Waals surface area contributed by atoms with E-state index in [1.165, 1.54) is 47.3 Å². The van der Waals surface area contributed by atoms with Gasteiger partial charge in [0.15, 0.2) is 0 Å². The Morgan fingerprint density at radius 2 is 1.66 bits per heavy atom. The molecule has 2 rings (SSSR count). The van der Waals surface area contributed by atoms with Crippen LogP contribution in [0, 0.1) is 0 Å². The maximum Gasteiger partial charge on any atom is 0.511 e. The number of amides is 1. The number of nitrogens with one attached hydrogen (secondary N) is 2. The molecule has 0 unspecified atom stereocenters. The standard InChI is InChI=1S/C18H17F6N3O4S/c19-7-14(27-17(29)16(20)21)15(28)11-3-1-10(2-4-11)12-5-6-13(25-8-12)9-26-32(30,31)18(22,23)24/h1-6,8,14-16,26,28H,7,9H2,(H,27,29)/t14-,15-/m1/s1. The molecular weight excluding hydrogens is 468 g/mol. The molecule has 2 atom stereocenters. The van der Waals surface area contributed by atoms with Crippen molar-refractivity contribution in [3.05, 3.63) is 53.9 Å². The first-order valence-corrected chi connectivity index (χ1v) is 10.3. The van der Waals surface area contributed by atoms with E-state index in [2.05, 4.69) is 4.98 Å². The second kappa shape index (κ2) is 10.3. The second-order valence-electron chi connectivity index (χ2n) is 6.45. The summed E-state index contributed by atoms with van der Waals surface area (Å²) >= 11 is 0. The molecule has 0 radical (unpaired) electrons. The Kier molecular flexibility index (Phi) is 8.20. The molecule has 3 N–H and O–H groups in total. The number of alkyl halides is 6. The molecule has 1 amide bonds. The van der Waals surface area contributed by atoms with E-state index in [0.717, 1.165) is 0 Å². The first-order valence-electron chi connectivity index (χ1n) is 8.79. The quantitative estimate of drug-likeness (QED) is 0.473. The summed E-state index contributed by atoms with van der Waals surface area (Å²) in [5.74, 6) is -1.72. The highest BCUT2D eigenvalue weighted by Crippen LogP contribution is 2.24. The highest BCUT2D eigenvalue weighted by Gasteiger charge is 2.45. The molecule has 0 saturated carbocycles. The number of sulfonamides is 1. The monoisotopic (exact) mass is 485 g/mol. The first-order chi connectivity index (χ1) is 14.9. The minimum absolute atomic E-state index is 0.0224. The van der Waals surface area contributed by atoms with E-state index in [9.17, 15) is 44.7 Å². The second-order valence-corrected chi connectivity index (χ2v) is 8.20. The Morgan fingerprint density at radius 3 is 2.12 bits per heavy atom. The molecule has 1 aromatic carbocycles. The average Bonchev–Trinajstić information content (AvgIpc) is 2.75. The van der Waals surface area contributed by atoms with E-state index in [4.69, 9.17) is 0 Å². The van der Waals surface area contributed by atoms with Crippen LogP contribution in [0.1, 0.15) is 17.4 Å². The lowest BCUT2D eigenvalue weighted by atomic mass is 9.99. The smallest absolute Gasteiger partial charge is 0.386 e. The van der Waals surface area contributed by atoms with Crippen LogP contribution in [0.25, 0.3) is 11.1 Å². The van der Waals surface area contributed by atoms with Crippen molar-refractivity contribution in [2.45, 2.75) is 30.6 Å². The number of aliphatic hydroxyl groups is 1. The lowest BCUT2D eigenvalue weighted by Gasteiger charge is -2.22. The summed E-state index contributed by atoms with van der Waals surface area (Å²) in [7, 11) is -5.50. The SMILES string of the molecule is O=C(N[C@H](CF)[C@H](O)c1ccc(-c2ccc(CNS(=O)(=O)C(F)(F)F)nc2)cc1)C(F)F. The van der Waals surface area contributed by atoms with E-state index in [1.54, 1.807) is 5.32 Å². The van der Waals surface area contributed by atoms with Gasteiger partial charge in [0.1, 0.15) is 12.8 Å². The van der Waals surface area contributed by atoms with Gasteiger partial charge in [0.25, 0.3) is 5.91 Å². The summed E-state index contributed by atoms with van der Waals surface area (Å²) in [5, 5.41) is 11.8. The Hall–Kier alpha value is -2.71. The van der Waals surface area contributed by atoms with Crippen molar-refractivity contribution in [1.29, 1.82) is 0 Å². The fourth-order valence-corrected chi connectivity index (χ4v) is 3.00. The number of pyridine rings is 1. The predicted molar refractivity (Wildman–Crippen MR) is 100 cm³/mol. The predicted octanol–water partition coefficient (Wildman–Crippen LogP) is 2.44. The molecule has 1 aromatic heterocycles. The van der Waals surface area contributed by atoms with Crippen molar-refractivity contribution >= 4 is 15.9 Å². The average molecular weight is 485 g/mol. The molecule has 0 bridgehead atoms. The topological polar surface area (TPSA) is 108 Å². The number of aliphatic hydroxyl groups excluding tert-OH is 1. The lowest BCUT2D eigenvalue weighted by molar-refractivity contribution is -0.133. The van der Waals surface area contributed by atoms with E-state index in [1.807, 2.05) is 0 Å². The Balaban J connectivity index is 2.07. The fraction of sp³-hybridized carbons (Fsp3) is 0.333. The van der Waals surface area contributed by atoms with Crippen LogP contribution < -0.4 is 10.0 Å². The lowest BCUT2D eigenvalue weighted by Crippen LogP contribution is -2.43. The van der Waals surface area contributed by atoms with Gasteiger partial charge in [-0.3, -0.25) is 9.78 Å². The summed E-state index contributed by atoms with van der Waals surface area (Å²) in [6, 6.07) is 6.87. The van der Waals surface area contributed by atoms with Gasteiger partial charge in [-0.2, -0.15) is 22.0 Å². The van der Waals surface area contributed by atoms with Gasteiger partial charge in [-0.1, -0.05) is 30.3 Å². The Bertz CT molecular complexity index is 1010. The van der Waals surface area contributed by atoms with Gasteiger partial charge in [0.2, 0.25) is 0 Å². The van der Waals surface area contributed by atoms with Crippen LogP contribution in [-0.4, -0.2) is 49.1 Å². The maximum absolute atomic E-state index is 13.1. The number of benzene rings is 1. The van der Waals surface area contributed by atoms with Crippen LogP contribution in [0.15, 0.2) is 42.6 Å². The van der Waals surface area contributed by atoms with Gasteiger partial charge >= 0.3 is 22.0 Å². The number of hydrogen-bond donors (Lipinski definition) is 3. The highest BCUT2D eigenvalue weighted by molar-refractivity contribution is 7.90. The van der Waals surface area contributed by atoms with Gasteiger partial charge < -0.3 is 10.4 Å². The van der Waals surface area contributed by atoms with Gasteiger partial charge in [-0.25, -0.2) is 17.5 Å². The molecule has 1 heterocycles. The highest BCUT2D eigenvalue weighted by atomic mass is 32.2. The molecule has 0 aliphatic carbocycles. The van der Waals surface area contributed by atoms with Crippen LogP contribution in [-0.2, 0) is 21.4 Å². The van der Waals surface area contributed by atoms with Crippen LogP contribution >= 0.6 is 0 Å². The number of carbonyl (C=O) groups is 1. The van der Waals surface area contributed by atoms with Crippen molar-refractivity contribution in [3.63, 3.8) is 0 Å². The van der Waals surface area contributed by atoms with E-state index < -0.39 is 53.2 Å². The molecule has 0 aliphatic rings. The van der Waals surface area contributed by atoms with Crippen molar-refractivity contribution in [2.24, 2.45) is 0 Å². The Labute approximate surface area is 178 Å². The van der Waals surface area contributed by atoms with Crippen molar-refractivity contribution < 1.29 is 44.7 Å². The molecule has 0 fully saturated rings. The number of nitrogens with zero attached hydrogens (tertiary/aromatic N) is 1. The fourth-order valence-electron chi connectivity index (χ4n) is 2.50.